The van der Waals surface area contributed by atoms with Crippen LogP contribution < -0.4 is 5.32 Å². The molecule has 0 saturated heterocycles. The lowest BCUT2D eigenvalue weighted by Gasteiger charge is -2.11. The molecule has 2 N–H and O–H groups in total. The number of hydrogen-bond donors (Lipinski definition) is 2. The first kappa shape index (κ1) is 16.7. The van der Waals surface area contributed by atoms with Crippen LogP contribution in [0.1, 0.15) is 12.5 Å². The molecule has 0 aliphatic heterocycles. The molecule has 0 aliphatic rings. The Morgan fingerprint density at radius 3 is 2.96 bits per heavy atom. The van der Waals surface area contributed by atoms with E-state index in [1.165, 1.54) is 24.0 Å². The third-order valence-corrected chi connectivity index (χ3v) is 4.57. The fraction of sp³-hybridized carbons (Fsp3) is 0.188. The largest absolute Gasteiger partial charge is 0.331 e. The molecule has 5 nitrogen and oxygen atoms in total. The highest BCUT2D eigenvalue weighted by molar-refractivity contribution is 8.00. The van der Waals surface area contributed by atoms with E-state index in [1.807, 2.05) is 0 Å². The molecule has 0 radical (unpaired) electrons. The van der Waals surface area contributed by atoms with Crippen LogP contribution in [0, 0.1) is 12.7 Å². The Labute approximate surface area is 147 Å². The fourth-order valence-corrected chi connectivity index (χ4v) is 3.01. The van der Waals surface area contributed by atoms with E-state index in [0.29, 0.717) is 32.6 Å². The number of hydrogen-bond acceptors (Lipinski definition) is 4. The predicted octanol–water partition coefficient (Wildman–Crippen LogP) is 4.18. The molecule has 0 spiro atoms. The molecule has 3 rings (SSSR count). The molecule has 1 atom stereocenters. The number of nitrogens with one attached hydrogen (secondary N) is 2. The number of aromatic amines is 1. The number of nitrogens with zero attached hydrogens (tertiary/aromatic N) is 2. The molecule has 3 aromatic rings. The maximum absolute atomic E-state index is 13.5. The van der Waals surface area contributed by atoms with Crippen molar-refractivity contribution in [2.75, 3.05) is 5.32 Å². The normalized spacial score (nSPS) is 12.3. The molecule has 0 unspecified atom stereocenters. The van der Waals surface area contributed by atoms with Crippen molar-refractivity contribution in [1.29, 1.82) is 0 Å². The van der Waals surface area contributed by atoms with Crippen LogP contribution in [0.25, 0.3) is 11.2 Å². The molecule has 1 amide bonds. The number of anilines is 1. The lowest BCUT2D eigenvalue weighted by molar-refractivity contribution is -0.115. The van der Waals surface area contributed by atoms with E-state index in [2.05, 4.69) is 20.3 Å². The Hall–Kier alpha value is -2.12. The van der Waals surface area contributed by atoms with Crippen LogP contribution in [-0.4, -0.2) is 26.1 Å². The summed E-state index contributed by atoms with van der Waals surface area (Å²) in [5.41, 5.74) is 2.20. The van der Waals surface area contributed by atoms with Gasteiger partial charge < -0.3 is 10.3 Å². The van der Waals surface area contributed by atoms with E-state index in [4.69, 9.17) is 11.6 Å². The number of thioether (sulfide) groups is 1. The number of halogens is 2. The van der Waals surface area contributed by atoms with Crippen molar-refractivity contribution in [3.05, 3.63) is 46.9 Å². The van der Waals surface area contributed by atoms with Crippen LogP contribution in [0.2, 0.25) is 5.02 Å². The van der Waals surface area contributed by atoms with E-state index in [9.17, 15) is 9.18 Å². The molecular weight excluding hydrogens is 351 g/mol. The van der Waals surface area contributed by atoms with Gasteiger partial charge in [0.1, 0.15) is 5.82 Å². The minimum atomic E-state index is -0.426. The van der Waals surface area contributed by atoms with Gasteiger partial charge in [-0.25, -0.2) is 14.4 Å². The third-order valence-electron chi connectivity index (χ3n) is 3.38. The van der Waals surface area contributed by atoms with Crippen molar-refractivity contribution in [1.82, 2.24) is 15.0 Å². The van der Waals surface area contributed by atoms with Crippen LogP contribution in [-0.2, 0) is 4.79 Å². The fourth-order valence-electron chi connectivity index (χ4n) is 2.04. The van der Waals surface area contributed by atoms with Gasteiger partial charge in [0, 0.05) is 11.9 Å². The SMILES string of the molecule is Cc1ccc(NC(=O)[C@H](C)Sc2nc3ncc(Cl)cc3[nH]2)cc1F. The molecule has 8 heteroatoms. The summed E-state index contributed by atoms with van der Waals surface area (Å²) in [6.45, 7) is 3.42. The molecule has 0 fully saturated rings. The van der Waals surface area contributed by atoms with Gasteiger partial charge in [-0.05, 0) is 37.6 Å². The van der Waals surface area contributed by atoms with Crippen LogP contribution in [0.5, 0.6) is 0 Å². The van der Waals surface area contributed by atoms with Gasteiger partial charge in [-0.3, -0.25) is 4.79 Å². The van der Waals surface area contributed by atoms with Crippen molar-refractivity contribution < 1.29 is 9.18 Å². The van der Waals surface area contributed by atoms with Crippen molar-refractivity contribution in [2.24, 2.45) is 0 Å². The first-order chi connectivity index (χ1) is 11.4. The van der Waals surface area contributed by atoms with E-state index in [1.54, 1.807) is 32.0 Å². The van der Waals surface area contributed by atoms with Crippen LogP contribution in [0.15, 0.2) is 35.6 Å². The summed E-state index contributed by atoms with van der Waals surface area (Å²) in [7, 11) is 0. The Morgan fingerprint density at radius 2 is 2.21 bits per heavy atom. The highest BCUT2D eigenvalue weighted by Gasteiger charge is 2.17. The minimum Gasteiger partial charge on any atom is -0.331 e. The van der Waals surface area contributed by atoms with Gasteiger partial charge in [0.2, 0.25) is 5.91 Å². The van der Waals surface area contributed by atoms with Crippen molar-refractivity contribution in [3.8, 4) is 0 Å². The maximum atomic E-state index is 13.5. The molecular formula is C16H14ClFN4OS. The summed E-state index contributed by atoms with van der Waals surface area (Å²) in [6.07, 6.45) is 1.52. The molecule has 24 heavy (non-hydrogen) atoms. The number of aromatic nitrogens is 3. The van der Waals surface area contributed by atoms with Crippen LogP contribution in [0.4, 0.5) is 10.1 Å². The van der Waals surface area contributed by atoms with Crippen LogP contribution >= 0.6 is 23.4 Å². The highest BCUT2D eigenvalue weighted by atomic mass is 35.5. The number of imidazole rings is 1. The summed E-state index contributed by atoms with van der Waals surface area (Å²) in [6, 6.07) is 6.32. The summed E-state index contributed by atoms with van der Waals surface area (Å²) in [5, 5.41) is 3.35. The van der Waals surface area contributed by atoms with E-state index in [-0.39, 0.29) is 11.7 Å². The second-order valence-corrected chi connectivity index (χ2v) is 7.05. The number of fused-ring (bicyclic) bond motifs is 1. The zero-order chi connectivity index (χ0) is 17.3. The number of carbonyl (C=O) groups is 1. The second-order valence-electron chi connectivity index (χ2n) is 5.28. The summed E-state index contributed by atoms with van der Waals surface area (Å²) >= 11 is 7.14. The highest BCUT2D eigenvalue weighted by Crippen LogP contribution is 2.25. The minimum absolute atomic E-state index is 0.241. The standard InChI is InChI=1S/C16H14ClFN4OS/c1-8-3-4-11(6-12(8)18)20-15(23)9(2)24-16-21-13-5-10(17)7-19-14(13)22-16/h3-7,9H,1-2H3,(H,20,23)(H,19,21,22)/t9-/m0/s1. The number of benzene rings is 1. The van der Waals surface area contributed by atoms with Gasteiger partial charge in [0.05, 0.1) is 15.8 Å². The molecule has 1 aromatic carbocycles. The number of amides is 1. The number of aryl methyl sites for hydroxylation is 1. The van der Waals surface area contributed by atoms with Gasteiger partial charge in [-0.15, -0.1) is 0 Å². The number of carbonyl (C=O) groups excluding carboxylic acids is 1. The monoisotopic (exact) mass is 364 g/mol. The topological polar surface area (TPSA) is 70.7 Å². The first-order valence-corrected chi connectivity index (χ1v) is 8.43. The van der Waals surface area contributed by atoms with Gasteiger partial charge in [0.15, 0.2) is 10.8 Å². The molecule has 2 aromatic heterocycles. The summed E-state index contributed by atoms with van der Waals surface area (Å²) < 4.78 is 13.5. The van der Waals surface area contributed by atoms with Gasteiger partial charge >= 0.3 is 0 Å². The lowest BCUT2D eigenvalue weighted by Crippen LogP contribution is -2.22. The zero-order valence-electron chi connectivity index (χ0n) is 12.9. The zero-order valence-corrected chi connectivity index (χ0v) is 14.5. The second kappa shape index (κ2) is 6.78. The predicted molar refractivity (Wildman–Crippen MR) is 94.0 cm³/mol. The molecule has 0 bridgehead atoms. The van der Waals surface area contributed by atoms with Crippen LogP contribution in [0.3, 0.4) is 0 Å². The van der Waals surface area contributed by atoms with Crippen molar-refractivity contribution in [2.45, 2.75) is 24.3 Å². The lowest BCUT2D eigenvalue weighted by atomic mass is 10.2. The molecule has 0 saturated carbocycles. The van der Waals surface area contributed by atoms with E-state index in [0.717, 1.165) is 0 Å². The first-order valence-electron chi connectivity index (χ1n) is 7.17. The van der Waals surface area contributed by atoms with E-state index < -0.39 is 5.25 Å². The number of rotatable bonds is 4. The maximum Gasteiger partial charge on any atom is 0.237 e. The average molecular weight is 365 g/mol. The Bertz CT molecular complexity index is 914. The summed E-state index contributed by atoms with van der Waals surface area (Å²) in [5.74, 6) is -0.594. The van der Waals surface area contributed by atoms with Gasteiger partial charge in [-0.2, -0.15) is 0 Å². The quantitative estimate of drug-likeness (QED) is 0.681. The summed E-state index contributed by atoms with van der Waals surface area (Å²) in [4.78, 5) is 23.7. The number of pyridine rings is 1. The van der Waals surface area contributed by atoms with Gasteiger partial charge in [0.25, 0.3) is 0 Å². The van der Waals surface area contributed by atoms with Gasteiger partial charge in [-0.1, -0.05) is 29.4 Å². The van der Waals surface area contributed by atoms with Crippen molar-refractivity contribution in [3.63, 3.8) is 0 Å². The van der Waals surface area contributed by atoms with E-state index >= 15 is 0 Å². The smallest absolute Gasteiger partial charge is 0.237 e. The average Bonchev–Trinajstić information content (AvgIpc) is 2.92. The molecule has 124 valence electrons. The Morgan fingerprint density at radius 1 is 1.42 bits per heavy atom. The molecule has 2 heterocycles. The third kappa shape index (κ3) is 3.68. The Balaban J connectivity index is 1.69. The molecule has 0 aliphatic carbocycles. The number of H-pyrrole nitrogens is 1. The van der Waals surface area contributed by atoms with Crippen molar-refractivity contribution >= 4 is 46.1 Å². The Kier molecular flexibility index (Phi) is 4.73.